The number of nitrogen functional groups attached to an aromatic ring is 3. The average molecular weight is 1280 g/mol. The van der Waals surface area contributed by atoms with Gasteiger partial charge in [0.15, 0.2) is 17.3 Å². The highest BCUT2D eigenvalue weighted by Crippen LogP contribution is 2.36. The Morgan fingerprint density at radius 2 is 1.00 bits per heavy atom. The van der Waals surface area contributed by atoms with Crippen molar-refractivity contribution in [1.29, 1.82) is 0 Å². The molecule has 0 bridgehead atoms. The molecule has 26 nitrogen and oxygen atoms in total. The molecular weight excluding hydrogens is 1190 g/mol. The maximum Gasteiger partial charge on any atom is 0.320 e. The van der Waals surface area contributed by atoms with Gasteiger partial charge in [0.25, 0.3) is 0 Å². The lowest BCUT2D eigenvalue weighted by Crippen LogP contribution is -2.44. The highest BCUT2D eigenvalue weighted by molar-refractivity contribution is 5.94. The van der Waals surface area contributed by atoms with Crippen LogP contribution in [0.25, 0.3) is 0 Å². The highest BCUT2D eigenvalue weighted by atomic mass is 16.5. The predicted octanol–water partition coefficient (Wildman–Crippen LogP) is 5.93. The number of unbranched alkanes of at least 4 members (excludes halogenated alkanes) is 2. The van der Waals surface area contributed by atoms with E-state index in [0.717, 1.165) is 106 Å². The van der Waals surface area contributed by atoms with Crippen molar-refractivity contribution in [3.63, 3.8) is 0 Å². The summed E-state index contributed by atoms with van der Waals surface area (Å²) in [6.45, 7) is 20.1. The van der Waals surface area contributed by atoms with Gasteiger partial charge in [0.2, 0.25) is 0 Å². The van der Waals surface area contributed by atoms with Crippen molar-refractivity contribution in [3.8, 4) is 18.0 Å². The molecule has 13 rings (SSSR count). The second-order valence-electron chi connectivity index (χ2n) is 24.6. The minimum Gasteiger partial charge on any atom is -0.463 e. The molecule has 5 aromatic heterocycles. The Kier molecular flexibility index (Phi) is 22.5. The monoisotopic (exact) mass is 1280 g/mol. The summed E-state index contributed by atoms with van der Waals surface area (Å²) >= 11 is 0. The van der Waals surface area contributed by atoms with E-state index in [1.807, 2.05) is 33.8 Å². The number of nitrogens with zero attached hydrogens (tertiary/aromatic N) is 14. The van der Waals surface area contributed by atoms with Gasteiger partial charge in [-0.25, -0.2) is 9.97 Å². The highest BCUT2D eigenvalue weighted by Gasteiger charge is 2.35. The molecule has 6 aromatic rings. The third kappa shape index (κ3) is 17.4. The van der Waals surface area contributed by atoms with Crippen molar-refractivity contribution < 1.29 is 42.8 Å². The molecule has 1 aromatic carbocycles. The summed E-state index contributed by atoms with van der Waals surface area (Å²) < 4.78 is 33.7. The average Bonchev–Trinajstić information content (AvgIpc) is 3.18. The lowest BCUT2D eigenvalue weighted by Gasteiger charge is -2.35. The number of nitrogens with two attached hydrogens (primary N) is 3. The first-order valence-electron chi connectivity index (χ1n) is 33.0. The Morgan fingerprint density at radius 3 is 1.48 bits per heavy atom. The minimum atomic E-state index is -0.269. The quantitative estimate of drug-likeness (QED) is 0.0703. The van der Waals surface area contributed by atoms with Crippen LogP contribution < -0.4 is 55.9 Å². The molecule has 7 aliphatic heterocycles. The van der Waals surface area contributed by atoms with Crippen LogP contribution in [0, 0.1) is 0 Å². The van der Waals surface area contributed by atoms with Crippen molar-refractivity contribution in [2.24, 2.45) is 0 Å². The largest absolute Gasteiger partial charge is 0.463 e. The van der Waals surface area contributed by atoms with Gasteiger partial charge in [-0.05, 0) is 105 Å². The van der Waals surface area contributed by atoms with E-state index in [2.05, 4.69) is 105 Å². The van der Waals surface area contributed by atoms with E-state index in [0.29, 0.717) is 117 Å². The Balaban J connectivity index is 0.000000143. The number of Topliss-reactive ketones (excluding diaryl/α,β-unsaturated/α-hetero) is 3. The summed E-state index contributed by atoms with van der Waals surface area (Å²) in [5.41, 5.74) is 25.1. The first-order valence-corrected chi connectivity index (χ1v) is 33.0. The third-order valence-electron chi connectivity index (χ3n) is 17.5. The summed E-state index contributed by atoms with van der Waals surface area (Å²) in [5.74, 6) is 5.14. The molecule has 4 fully saturated rings. The molecule has 2 atom stereocenters. The van der Waals surface area contributed by atoms with Gasteiger partial charge in [-0.2, -0.15) is 29.9 Å². The predicted molar refractivity (Wildman–Crippen MR) is 354 cm³/mol. The fraction of sp³-hybridized carbons (Fsp3) is 0.537. The third-order valence-corrected chi connectivity index (χ3v) is 17.5. The zero-order valence-corrected chi connectivity index (χ0v) is 54.0. The van der Waals surface area contributed by atoms with Gasteiger partial charge in [-0.15, -0.1) is 0 Å². The molecule has 0 radical (unpaired) electrons. The van der Waals surface area contributed by atoms with Gasteiger partial charge in [0.1, 0.15) is 53.1 Å². The maximum atomic E-state index is 12.7. The van der Waals surface area contributed by atoms with Crippen LogP contribution in [0.2, 0.25) is 0 Å². The Labute approximate surface area is 543 Å². The number of rotatable bonds is 21. The van der Waals surface area contributed by atoms with Crippen LogP contribution in [0.1, 0.15) is 111 Å². The normalized spacial score (nSPS) is 18.9. The van der Waals surface area contributed by atoms with Gasteiger partial charge in [0, 0.05) is 107 Å². The lowest BCUT2D eigenvalue weighted by molar-refractivity contribution is -0.120. The molecule has 2 unspecified atom stereocenters. The van der Waals surface area contributed by atoms with Crippen molar-refractivity contribution >= 4 is 63.9 Å². The van der Waals surface area contributed by atoms with E-state index in [-0.39, 0.29) is 79.9 Å². The number of aromatic nitrogens is 8. The number of hydrogen-bond acceptors (Lipinski definition) is 26. The van der Waals surface area contributed by atoms with Crippen LogP contribution in [0.3, 0.4) is 0 Å². The number of benzene rings is 1. The maximum absolute atomic E-state index is 12.7. The molecule has 4 saturated heterocycles. The number of morpholine rings is 2. The molecule has 496 valence electrons. The van der Waals surface area contributed by atoms with Crippen molar-refractivity contribution in [1.82, 2.24) is 44.8 Å². The number of carbonyl (C=O) groups is 3. The van der Waals surface area contributed by atoms with E-state index >= 15 is 0 Å². The first kappa shape index (κ1) is 65.9. The number of pyridine rings is 2. The van der Waals surface area contributed by atoms with Crippen LogP contribution in [0.5, 0.6) is 18.0 Å². The molecule has 7 aliphatic rings. The summed E-state index contributed by atoms with van der Waals surface area (Å²) in [5, 5.41) is 0. The summed E-state index contributed by atoms with van der Waals surface area (Å²) in [6.07, 6.45) is 12.9. The van der Waals surface area contributed by atoms with Gasteiger partial charge >= 0.3 is 18.0 Å². The topological polar surface area (TPSA) is 307 Å². The van der Waals surface area contributed by atoms with E-state index in [9.17, 15) is 14.4 Å². The number of ether oxygens (including phenoxy) is 6. The SMILES string of the molecule is CCCCOc1nc(N)c2c(n1)N(Cc1ccc(CN3CCCC3)cc1)C(C)C(=O)C2.CCCCOc1nc(N)c2c(n1)N(Cc1ccnc(N3CCOCC3)c1)CC(=O)C2.Nc1nc(OCC2CCCO2)nc2c1CC(=O)CN2Cc1ccnc(N2CCOCC2)c1. The van der Waals surface area contributed by atoms with E-state index in [1.54, 1.807) is 12.4 Å². The number of fused-ring (bicyclic) bond motifs is 3. The number of anilines is 8. The van der Waals surface area contributed by atoms with Crippen LogP contribution in [-0.4, -0.2) is 179 Å². The van der Waals surface area contributed by atoms with Crippen molar-refractivity contribution in [2.75, 3.05) is 147 Å². The molecular formula is C67H89N17O9. The van der Waals surface area contributed by atoms with Crippen molar-refractivity contribution in [2.45, 2.75) is 130 Å². The second kappa shape index (κ2) is 31.8. The summed E-state index contributed by atoms with van der Waals surface area (Å²) in [4.78, 5) is 86.0. The lowest BCUT2D eigenvalue weighted by atomic mass is 9.97. The van der Waals surface area contributed by atoms with Crippen LogP contribution in [0.15, 0.2) is 60.9 Å². The molecule has 0 amide bonds. The Morgan fingerprint density at radius 1 is 0.527 bits per heavy atom. The molecule has 26 heteroatoms. The van der Waals surface area contributed by atoms with Gasteiger partial charge < -0.3 is 70.1 Å². The van der Waals surface area contributed by atoms with E-state index in [1.165, 1.54) is 31.5 Å². The summed E-state index contributed by atoms with van der Waals surface area (Å²) in [6, 6.07) is 17.2. The van der Waals surface area contributed by atoms with E-state index < -0.39 is 0 Å². The van der Waals surface area contributed by atoms with Crippen molar-refractivity contribution in [3.05, 3.63) is 99.9 Å². The van der Waals surface area contributed by atoms with E-state index in [4.69, 9.17) is 45.6 Å². The molecule has 12 heterocycles. The number of hydrogen-bond donors (Lipinski definition) is 3. The molecule has 93 heavy (non-hydrogen) atoms. The zero-order chi connectivity index (χ0) is 64.6. The Hall–Kier alpha value is -8.59. The van der Waals surface area contributed by atoms with Gasteiger partial charge in [0.05, 0.1) is 64.9 Å². The van der Waals surface area contributed by atoms with Crippen LogP contribution in [-0.2, 0) is 74.0 Å². The smallest absolute Gasteiger partial charge is 0.320 e. The molecule has 0 spiro atoms. The van der Waals surface area contributed by atoms with Gasteiger partial charge in [-0.3, -0.25) is 19.3 Å². The standard InChI is InChI=1S/C24H33N5O2.C22H28N6O4.C21H28N6O3/c1-3-4-13-31-24-26-22(25)20-14-21(30)17(2)29(23(20)27-24)16-19-9-7-18(8-10-19)15-28-11-5-6-12-28;23-20-18-11-16(29)13-28(21(18)26-22(25-20)32-14-17-2-1-7-31-17)12-15-3-4-24-19(10-15)27-5-8-30-9-6-27;1-2-3-8-30-21-24-19(22)17-12-16(28)14-27(20(17)25-21)13-15-4-5-23-18(11-15)26-6-9-29-10-7-26/h7-10,17H,3-6,11-16H2,1-2H3,(H2,25,26,27);3-4,10,17H,1-2,5-9,11-14H2,(H2,23,25,26);4-5,11H,2-3,6-10,12-14H2,1H3,(H2,22,24,25). The van der Waals surface area contributed by atoms with Crippen LogP contribution >= 0.6 is 0 Å². The molecule has 0 saturated carbocycles. The molecule has 0 aliphatic carbocycles. The first-order chi connectivity index (χ1) is 45.3. The fourth-order valence-electron chi connectivity index (χ4n) is 12.3. The number of carbonyl (C=O) groups excluding carboxylic acids is 3. The second-order valence-corrected chi connectivity index (χ2v) is 24.6. The summed E-state index contributed by atoms with van der Waals surface area (Å²) in [7, 11) is 0. The molecule has 6 N–H and O–H groups in total. The van der Waals surface area contributed by atoms with Crippen LogP contribution in [0.4, 0.5) is 46.5 Å². The number of likely N-dealkylation sites (tertiary alicyclic amines) is 1. The Bertz CT molecular complexity index is 3510. The zero-order valence-electron chi connectivity index (χ0n) is 54.0. The minimum absolute atomic E-state index is 0.0592. The fourth-order valence-corrected chi connectivity index (χ4v) is 12.3. The number of ketones is 3. The van der Waals surface area contributed by atoms with Gasteiger partial charge in [-0.1, -0.05) is 51.0 Å².